The zero-order valence-corrected chi connectivity index (χ0v) is 15.8. The van der Waals surface area contributed by atoms with Gasteiger partial charge in [0.05, 0.1) is 19.0 Å². The SMILES string of the molecule is C[C@@H](NC(=O)C[C@H]1NC(=O)N(Cc2ccccc2)C1=O)c1nnc2ccccn12. The molecule has 3 heterocycles. The van der Waals surface area contributed by atoms with E-state index < -0.39 is 24.0 Å². The number of benzene rings is 1. The highest BCUT2D eigenvalue weighted by atomic mass is 16.2. The lowest BCUT2D eigenvalue weighted by Crippen LogP contribution is -2.37. The van der Waals surface area contributed by atoms with Gasteiger partial charge in [0, 0.05) is 6.20 Å². The number of nitrogens with zero attached hydrogens (tertiary/aromatic N) is 4. The molecule has 0 unspecified atom stereocenters. The summed E-state index contributed by atoms with van der Waals surface area (Å²) in [4.78, 5) is 38.4. The Kier molecular flexibility index (Phi) is 4.94. The number of fused-ring (bicyclic) bond motifs is 1. The van der Waals surface area contributed by atoms with Crippen LogP contribution in [0.3, 0.4) is 0 Å². The van der Waals surface area contributed by atoms with E-state index in [1.54, 1.807) is 11.3 Å². The summed E-state index contributed by atoms with van der Waals surface area (Å²) in [6.45, 7) is 1.96. The zero-order chi connectivity index (χ0) is 20.4. The maximum Gasteiger partial charge on any atom is 0.325 e. The van der Waals surface area contributed by atoms with Crippen molar-refractivity contribution in [2.75, 3.05) is 0 Å². The Morgan fingerprint density at radius 3 is 2.69 bits per heavy atom. The monoisotopic (exact) mass is 392 g/mol. The molecule has 0 bridgehead atoms. The highest BCUT2D eigenvalue weighted by molar-refractivity contribution is 6.05. The maximum atomic E-state index is 12.6. The maximum absolute atomic E-state index is 12.6. The van der Waals surface area contributed by atoms with Crippen LogP contribution >= 0.6 is 0 Å². The predicted octanol–water partition coefficient (Wildman–Crippen LogP) is 1.42. The van der Waals surface area contributed by atoms with Crippen LogP contribution in [0.4, 0.5) is 4.79 Å². The Morgan fingerprint density at radius 1 is 1.14 bits per heavy atom. The summed E-state index contributed by atoms with van der Waals surface area (Å²) in [5.41, 5.74) is 1.52. The molecule has 4 rings (SSSR count). The Balaban J connectivity index is 1.38. The summed E-state index contributed by atoms with van der Waals surface area (Å²) >= 11 is 0. The second kappa shape index (κ2) is 7.70. The third kappa shape index (κ3) is 3.79. The van der Waals surface area contributed by atoms with Gasteiger partial charge < -0.3 is 10.6 Å². The van der Waals surface area contributed by atoms with Crippen molar-refractivity contribution < 1.29 is 14.4 Å². The van der Waals surface area contributed by atoms with E-state index in [0.29, 0.717) is 11.5 Å². The molecule has 148 valence electrons. The fourth-order valence-electron chi connectivity index (χ4n) is 3.34. The Morgan fingerprint density at radius 2 is 1.90 bits per heavy atom. The van der Waals surface area contributed by atoms with Crippen molar-refractivity contribution in [3.05, 3.63) is 66.1 Å². The highest BCUT2D eigenvalue weighted by Crippen LogP contribution is 2.16. The van der Waals surface area contributed by atoms with E-state index in [4.69, 9.17) is 0 Å². The highest BCUT2D eigenvalue weighted by Gasteiger charge is 2.39. The van der Waals surface area contributed by atoms with Gasteiger partial charge in [-0.1, -0.05) is 36.4 Å². The number of amides is 4. The van der Waals surface area contributed by atoms with E-state index in [9.17, 15) is 14.4 Å². The summed E-state index contributed by atoms with van der Waals surface area (Å²) in [5, 5.41) is 13.6. The molecule has 3 aromatic rings. The van der Waals surface area contributed by atoms with Gasteiger partial charge in [-0.15, -0.1) is 10.2 Å². The first-order valence-corrected chi connectivity index (χ1v) is 9.28. The van der Waals surface area contributed by atoms with Crippen LogP contribution in [0.25, 0.3) is 5.65 Å². The normalized spacial score (nSPS) is 17.4. The fourth-order valence-corrected chi connectivity index (χ4v) is 3.34. The quantitative estimate of drug-likeness (QED) is 0.617. The molecule has 1 aliphatic rings. The van der Waals surface area contributed by atoms with Crippen LogP contribution in [-0.4, -0.2) is 43.4 Å². The lowest BCUT2D eigenvalue weighted by Gasteiger charge is -2.15. The number of urea groups is 1. The molecule has 4 amide bonds. The van der Waals surface area contributed by atoms with E-state index in [2.05, 4.69) is 20.8 Å². The van der Waals surface area contributed by atoms with Gasteiger partial charge in [0.25, 0.3) is 5.91 Å². The smallest absolute Gasteiger partial charge is 0.325 e. The van der Waals surface area contributed by atoms with Gasteiger partial charge in [0.1, 0.15) is 6.04 Å². The third-order valence-corrected chi connectivity index (χ3v) is 4.78. The second-order valence-corrected chi connectivity index (χ2v) is 6.89. The number of hydrogen-bond acceptors (Lipinski definition) is 5. The zero-order valence-electron chi connectivity index (χ0n) is 15.8. The summed E-state index contributed by atoms with van der Waals surface area (Å²) in [6.07, 6.45) is 1.67. The molecule has 0 aliphatic carbocycles. The van der Waals surface area contributed by atoms with E-state index in [1.165, 1.54) is 0 Å². The largest absolute Gasteiger partial charge is 0.346 e. The third-order valence-electron chi connectivity index (χ3n) is 4.78. The van der Waals surface area contributed by atoms with Crippen molar-refractivity contribution in [2.45, 2.75) is 32.0 Å². The van der Waals surface area contributed by atoms with Gasteiger partial charge in [-0.05, 0) is 24.6 Å². The number of carbonyl (C=O) groups excluding carboxylic acids is 3. The van der Waals surface area contributed by atoms with E-state index >= 15 is 0 Å². The molecule has 2 aromatic heterocycles. The van der Waals surface area contributed by atoms with Crippen molar-refractivity contribution in [1.82, 2.24) is 30.1 Å². The summed E-state index contributed by atoms with van der Waals surface area (Å²) in [5.74, 6) is -0.179. The molecule has 0 saturated carbocycles. The molecule has 1 aromatic carbocycles. The molecule has 9 heteroatoms. The number of nitrogens with one attached hydrogen (secondary N) is 2. The lowest BCUT2D eigenvalue weighted by atomic mass is 10.1. The average Bonchev–Trinajstić information content (AvgIpc) is 3.25. The first-order valence-electron chi connectivity index (χ1n) is 9.28. The molecule has 29 heavy (non-hydrogen) atoms. The van der Waals surface area contributed by atoms with Crippen LogP contribution < -0.4 is 10.6 Å². The fraction of sp³-hybridized carbons (Fsp3) is 0.250. The molecule has 1 saturated heterocycles. The van der Waals surface area contributed by atoms with Gasteiger partial charge in [-0.2, -0.15) is 0 Å². The topological polar surface area (TPSA) is 109 Å². The van der Waals surface area contributed by atoms with Gasteiger partial charge in [0.15, 0.2) is 11.5 Å². The van der Waals surface area contributed by atoms with E-state index in [0.717, 1.165) is 10.5 Å². The average molecular weight is 392 g/mol. The number of imide groups is 1. The van der Waals surface area contributed by atoms with Crippen molar-refractivity contribution in [3.63, 3.8) is 0 Å². The first-order chi connectivity index (χ1) is 14.0. The molecule has 2 atom stereocenters. The first kappa shape index (κ1) is 18.6. The Hall–Kier alpha value is -3.75. The van der Waals surface area contributed by atoms with Crippen LogP contribution in [0, 0.1) is 0 Å². The number of hydrogen-bond donors (Lipinski definition) is 2. The minimum Gasteiger partial charge on any atom is -0.346 e. The van der Waals surface area contributed by atoms with Gasteiger partial charge in [-0.25, -0.2) is 4.79 Å². The number of pyridine rings is 1. The summed E-state index contributed by atoms with van der Waals surface area (Å²) < 4.78 is 1.79. The lowest BCUT2D eigenvalue weighted by molar-refractivity contribution is -0.131. The number of aromatic nitrogens is 3. The molecule has 0 radical (unpaired) electrons. The molecule has 1 aliphatic heterocycles. The molecule has 2 N–H and O–H groups in total. The van der Waals surface area contributed by atoms with Gasteiger partial charge >= 0.3 is 6.03 Å². The molecule has 1 fully saturated rings. The van der Waals surface area contributed by atoms with Crippen LogP contribution in [0.2, 0.25) is 0 Å². The summed E-state index contributed by atoms with van der Waals surface area (Å²) in [6, 6.07) is 13.0. The van der Waals surface area contributed by atoms with Crippen LogP contribution in [-0.2, 0) is 16.1 Å². The molecule has 0 spiro atoms. The Bertz CT molecular complexity index is 1060. The van der Waals surface area contributed by atoms with Crippen molar-refractivity contribution in [1.29, 1.82) is 0 Å². The minimum absolute atomic E-state index is 0.142. The van der Waals surface area contributed by atoms with Gasteiger partial charge in [0.2, 0.25) is 5.91 Å². The van der Waals surface area contributed by atoms with E-state index in [1.807, 2.05) is 54.7 Å². The minimum atomic E-state index is -0.881. The number of carbonyl (C=O) groups is 3. The number of rotatable bonds is 6. The van der Waals surface area contributed by atoms with Crippen LogP contribution in [0.1, 0.15) is 30.8 Å². The van der Waals surface area contributed by atoms with Crippen molar-refractivity contribution >= 4 is 23.5 Å². The van der Waals surface area contributed by atoms with Crippen molar-refractivity contribution in [3.8, 4) is 0 Å². The van der Waals surface area contributed by atoms with Crippen LogP contribution in [0.5, 0.6) is 0 Å². The second-order valence-electron chi connectivity index (χ2n) is 6.89. The van der Waals surface area contributed by atoms with E-state index in [-0.39, 0.29) is 18.9 Å². The molecular weight excluding hydrogens is 372 g/mol. The van der Waals surface area contributed by atoms with Crippen LogP contribution in [0.15, 0.2) is 54.7 Å². The predicted molar refractivity (Wildman–Crippen MR) is 103 cm³/mol. The van der Waals surface area contributed by atoms with Gasteiger partial charge in [-0.3, -0.25) is 18.9 Å². The Labute approximate surface area is 166 Å². The summed E-state index contributed by atoms with van der Waals surface area (Å²) in [7, 11) is 0. The molecule has 9 nitrogen and oxygen atoms in total. The van der Waals surface area contributed by atoms with Crippen molar-refractivity contribution in [2.24, 2.45) is 0 Å². The standard InChI is InChI=1S/C20H20N6O3/c1-13(18-24-23-16-9-5-6-10-25(16)18)21-17(27)11-15-19(28)26(20(29)22-15)12-14-7-3-2-4-8-14/h2-10,13,15H,11-12H2,1H3,(H,21,27)(H,22,29)/t13-,15-/m1/s1. The molecular formula is C20H20N6O3.